The van der Waals surface area contributed by atoms with Gasteiger partial charge in [-0.05, 0) is 45.7 Å². The predicted octanol–water partition coefficient (Wildman–Crippen LogP) is 1.92. The molecule has 0 radical (unpaired) electrons. The summed E-state index contributed by atoms with van der Waals surface area (Å²) in [6.45, 7) is 8.99. The number of ether oxygens (including phenoxy) is 1. The number of hydrogen-bond acceptors (Lipinski definition) is 8. The Labute approximate surface area is 217 Å². The maximum Gasteiger partial charge on any atom is 0.261 e. The van der Waals surface area contributed by atoms with Gasteiger partial charge in [-0.1, -0.05) is 0 Å². The molecule has 1 saturated heterocycles. The van der Waals surface area contributed by atoms with Gasteiger partial charge in [0, 0.05) is 68.9 Å². The van der Waals surface area contributed by atoms with Crippen LogP contribution in [0.4, 0.5) is 11.4 Å². The zero-order chi connectivity index (χ0) is 26.2. The molecule has 2 amide bonds. The van der Waals surface area contributed by atoms with E-state index in [4.69, 9.17) is 10.5 Å². The number of aromatic nitrogens is 2. The van der Waals surface area contributed by atoms with Gasteiger partial charge in [-0.25, -0.2) is 9.97 Å². The van der Waals surface area contributed by atoms with Crippen molar-refractivity contribution in [2.24, 2.45) is 5.73 Å². The molecule has 2 aliphatic heterocycles. The van der Waals surface area contributed by atoms with Crippen molar-refractivity contribution in [3.8, 4) is 5.75 Å². The van der Waals surface area contributed by atoms with Crippen molar-refractivity contribution in [2.45, 2.75) is 57.7 Å². The minimum Gasteiger partial charge on any atom is -0.487 e. The SMILES string of the molecule is CC(C(=O)NC1CC1)N1CCN(c2cc3c(cc2NC(=O)C(=CN)c2ncccn2)CC(C)(C)O3)CC1. The van der Waals surface area contributed by atoms with Gasteiger partial charge in [-0.3, -0.25) is 14.5 Å². The van der Waals surface area contributed by atoms with Gasteiger partial charge in [0.25, 0.3) is 5.91 Å². The number of nitrogens with two attached hydrogens (primary N) is 1. The van der Waals surface area contributed by atoms with Gasteiger partial charge < -0.3 is 26.0 Å². The topological polar surface area (TPSA) is 126 Å². The third kappa shape index (κ3) is 5.53. The number of fused-ring (bicyclic) bond motifs is 1. The van der Waals surface area contributed by atoms with Crippen molar-refractivity contribution < 1.29 is 14.3 Å². The zero-order valence-electron chi connectivity index (χ0n) is 21.7. The minimum absolute atomic E-state index is 0.0984. The average molecular weight is 506 g/mol. The van der Waals surface area contributed by atoms with Crippen LogP contribution in [-0.4, -0.2) is 70.5 Å². The lowest BCUT2D eigenvalue weighted by Crippen LogP contribution is -2.54. The van der Waals surface area contributed by atoms with Gasteiger partial charge >= 0.3 is 0 Å². The molecule has 0 spiro atoms. The number of anilines is 2. The molecule has 10 heteroatoms. The first-order chi connectivity index (χ1) is 17.7. The fourth-order valence-corrected chi connectivity index (χ4v) is 4.95. The van der Waals surface area contributed by atoms with Crippen molar-refractivity contribution in [3.05, 3.63) is 48.2 Å². The van der Waals surface area contributed by atoms with E-state index < -0.39 is 0 Å². The molecule has 196 valence electrons. The van der Waals surface area contributed by atoms with E-state index in [0.717, 1.165) is 49.4 Å². The Morgan fingerprint density at radius 1 is 1.16 bits per heavy atom. The van der Waals surface area contributed by atoms with Crippen molar-refractivity contribution in [3.63, 3.8) is 0 Å². The smallest absolute Gasteiger partial charge is 0.261 e. The fourth-order valence-electron chi connectivity index (χ4n) is 4.95. The molecule has 0 bridgehead atoms. The Kier molecular flexibility index (Phi) is 6.76. The van der Waals surface area contributed by atoms with E-state index >= 15 is 0 Å². The number of amides is 2. The first-order valence-corrected chi connectivity index (χ1v) is 12.9. The van der Waals surface area contributed by atoms with E-state index in [9.17, 15) is 9.59 Å². The van der Waals surface area contributed by atoms with Gasteiger partial charge in [0.15, 0.2) is 5.82 Å². The van der Waals surface area contributed by atoms with E-state index in [0.29, 0.717) is 24.8 Å². The first-order valence-electron chi connectivity index (χ1n) is 12.9. The molecule has 2 aromatic rings. The number of benzene rings is 1. The van der Waals surface area contributed by atoms with Crippen molar-refractivity contribution in [1.82, 2.24) is 20.2 Å². The van der Waals surface area contributed by atoms with Crippen molar-refractivity contribution in [2.75, 3.05) is 36.4 Å². The van der Waals surface area contributed by atoms with Crippen LogP contribution in [0.3, 0.4) is 0 Å². The standard InChI is InChI=1S/C27H35N7O3/c1-17(25(35)31-19-5-6-19)33-9-11-34(12-10-33)22-14-23-18(15-27(2,3)37-23)13-21(22)32-26(36)20(16-28)24-29-7-4-8-30-24/h4,7-8,13-14,16-17,19H,5-6,9-12,15,28H2,1-3H3,(H,31,35)(H,32,36). The van der Waals surface area contributed by atoms with Crippen LogP contribution in [0, 0.1) is 0 Å². The molecule has 10 nitrogen and oxygen atoms in total. The number of nitrogens with zero attached hydrogens (tertiary/aromatic N) is 4. The molecule has 37 heavy (non-hydrogen) atoms. The van der Waals surface area contributed by atoms with Crippen LogP contribution in [0.2, 0.25) is 0 Å². The molecule has 1 aromatic heterocycles. The summed E-state index contributed by atoms with van der Waals surface area (Å²) in [5.74, 6) is 0.818. The van der Waals surface area contributed by atoms with E-state index in [1.165, 1.54) is 6.20 Å². The number of carbonyl (C=O) groups is 2. The number of nitrogens with one attached hydrogen (secondary N) is 2. The summed E-state index contributed by atoms with van der Waals surface area (Å²) in [6.07, 6.45) is 7.28. The van der Waals surface area contributed by atoms with Gasteiger partial charge in [0.1, 0.15) is 11.4 Å². The molecule has 5 rings (SSSR count). The molecule has 1 aromatic carbocycles. The molecule has 3 heterocycles. The first kappa shape index (κ1) is 25.0. The molecule has 1 unspecified atom stereocenters. The number of rotatable bonds is 7. The molecule has 1 atom stereocenters. The Bertz CT molecular complexity index is 1200. The maximum atomic E-state index is 13.3. The molecule has 1 aliphatic carbocycles. The summed E-state index contributed by atoms with van der Waals surface area (Å²) in [7, 11) is 0. The second-order valence-corrected chi connectivity index (χ2v) is 10.6. The highest BCUT2D eigenvalue weighted by molar-refractivity contribution is 6.24. The molecule has 3 aliphatic rings. The van der Waals surface area contributed by atoms with Gasteiger partial charge in [-0.2, -0.15) is 0 Å². The summed E-state index contributed by atoms with van der Waals surface area (Å²) in [5.41, 5.74) is 8.29. The van der Waals surface area contributed by atoms with Crippen LogP contribution in [-0.2, 0) is 16.0 Å². The largest absolute Gasteiger partial charge is 0.487 e. The summed E-state index contributed by atoms with van der Waals surface area (Å²) < 4.78 is 6.20. The van der Waals surface area contributed by atoms with Gasteiger partial charge in [0.2, 0.25) is 5.91 Å². The highest BCUT2D eigenvalue weighted by Crippen LogP contribution is 2.42. The Morgan fingerprint density at radius 2 is 1.86 bits per heavy atom. The number of piperazine rings is 1. The van der Waals surface area contributed by atoms with E-state index in [1.807, 2.05) is 19.1 Å². The van der Waals surface area contributed by atoms with Gasteiger partial charge in [-0.15, -0.1) is 0 Å². The summed E-state index contributed by atoms with van der Waals surface area (Å²) in [4.78, 5) is 38.6. The van der Waals surface area contributed by atoms with E-state index in [2.05, 4.69) is 44.2 Å². The average Bonchev–Trinajstić information content (AvgIpc) is 3.64. The number of hydrogen-bond donors (Lipinski definition) is 3. The van der Waals surface area contributed by atoms with E-state index in [1.54, 1.807) is 18.5 Å². The highest BCUT2D eigenvalue weighted by Gasteiger charge is 2.34. The Balaban J connectivity index is 1.36. The monoisotopic (exact) mass is 505 g/mol. The summed E-state index contributed by atoms with van der Waals surface area (Å²) in [6, 6.07) is 5.88. The Morgan fingerprint density at radius 3 is 2.51 bits per heavy atom. The van der Waals surface area contributed by atoms with Crippen LogP contribution in [0.1, 0.15) is 45.0 Å². The quantitative estimate of drug-likeness (QED) is 0.488. The lowest BCUT2D eigenvalue weighted by molar-refractivity contribution is -0.126. The minimum atomic E-state index is -0.378. The van der Waals surface area contributed by atoms with Crippen LogP contribution >= 0.6 is 0 Å². The molecule has 2 fully saturated rings. The molecular weight excluding hydrogens is 470 g/mol. The van der Waals surface area contributed by atoms with Gasteiger partial charge in [0.05, 0.1) is 23.0 Å². The fraction of sp³-hybridized carbons (Fsp3) is 0.481. The lowest BCUT2D eigenvalue weighted by Gasteiger charge is -2.39. The number of carbonyl (C=O) groups excluding carboxylic acids is 2. The summed E-state index contributed by atoms with van der Waals surface area (Å²) >= 11 is 0. The predicted molar refractivity (Wildman–Crippen MR) is 142 cm³/mol. The van der Waals surface area contributed by atoms with Crippen LogP contribution in [0.25, 0.3) is 5.57 Å². The van der Waals surface area contributed by atoms with Crippen LogP contribution < -0.4 is 26.0 Å². The Hall–Kier alpha value is -3.66. The molecule has 4 N–H and O–H groups in total. The van der Waals surface area contributed by atoms with Crippen molar-refractivity contribution >= 4 is 28.8 Å². The van der Waals surface area contributed by atoms with E-state index in [-0.39, 0.29) is 34.9 Å². The third-order valence-electron chi connectivity index (χ3n) is 7.15. The summed E-state index contributed by atoms with van der Waals surface area (Å²) in [5, 5.41) is 6.16. The maximum absolute atomic E-state index is 13.3. The normalized spacial score (nSPS) is 20.1. The second kappa shape index (κ2) is 10.0. The molecule has 1 saturated carbocycles. The second-order valence-electron chi connectivity index (χ2n) is 10.6. The van der Waals surface area contributed by atoms with Crippen LogP contribution in [0.15, 0.2) is 36.8 Å². The highest BCUT2D eigenvalue weighted by atomic mass is 16.5. The van der Waals surface area contributed by atoms with Crippen LogP contribution in [0.5, 0.6) is 5.75 Å². The van der Waals surface area contributed by atoms with Crippen molar-refractivity contribution in [1.29, 1.82) is 0 Å². The molecular formula is C27H35N7O3. The lowest BCUT2D eigenvalue weighted by atomic mass is 10.0. The third-order valence-corrected chi connectivity index (χ3v) is 7.15. The zero-order valence-corrected chi connectivity index (χ0v) is 21.7.